The molecule has 1 N–H and O–H groups in total. The fraction of sp³-hybridized carbons (Fsp3) is 0.0500. The smallest absolute Gasteiger partial charge is 0.294 e. The Morgan fingerprint density at radius 3 is 2.73 bits per heavy atom. The van der Waals surface area contributed by atoms with Crippen LogP contribution in [0.3, 0.4) is 0 Å². The summed E-state index contributed by atoms with van der Waals surface area (Å²) in [7, 11) is 0. The highest BCUT2D eigenvalue weighted by Gasteiger charge is 2.19. The number of rotatable bonds is 6. The van der Waals surface area contributed by atoms with E-state index in [2.05, 4.69) is 15.3 Å². The fourth-order valence-electron chi connectivity index (χ4n) is 2.85. The lowest BCUT2D eigenvalue weighted by molar-refractivity contribution is -0.384. The summed E-state index contributed by atoms with van der Waals surface area (Å²) in [6.45, 7) is 0. The molecule has 2 heterocycles. The molecule has 0 aliphatic heterocycles. The standard InChI is InChI=1S/C20H14FN5O3S/c21-15-4-1-13(2-5-15)9-16-11-23-20(30-16)24-19(27)14-3-6-17(18(10-14)26(28)29)25-8-7-22-12-25/h1-8,10-12H,9H2,(H,23,24,27). The van der Waals surface area contributed by atoms with E-state index < -0.39 is 10.8 Å². The molecule has 30 heavy (non-hydrogen) atoms. The third kappa shape index (κ3) is 4.23. The van der Waals surface area contributed by atoms with E-state index >= 15 is 0 Å². The average Bonchev–Trinajstić information content (AvgIpc) is 3.41. The molecule has 4 rings (SSSR count). The number of hydrogen-bond donors (Lipinski definition) is 1. The van der Waals surface area contributed by atoms with Gasteiger partial charge in [0, 0.05) is 41.5 Å². The quantitative estimate of drug-likeness (QED) is 0.369. The molecular weight excluding hydrogens is 409 g/mol. The van der Waals surface area contributed by atoms with Gasteiger partial charge >= 0.3 is 0 Å². The van der Waals surface area contributed by atoms with E-state index in [1.165, 1.54) is 58.8 Å². The lowest BCUT2D eigenvalue weighted by Crippen LogP contribution is -2.12. The summed E-state index contributed by atoms with van der Waals surface area (Å²) in [5.41, 5.74) is 1.16. The Hall–Kier alpha value is -3.92. The molecule has 2 aromatic heterocycles. The van der Waals surface area contributed by atoms with Gasteiger partial charge in [0.15, 0.2) is 5.13 Å². The molecule has 8 nitrogen and oxygen atoms in total. The zero-order valence-corrected chi connectivity index (χ0v) is 16.2. The molecule has 1 amide bonds. The maximum Gasteiger partial charge on any atom is 0.294 e. The number of benzene rings is 2. The minimum absolute atomic E-state index is 0.140. The molecule has 0 spiro atoms. The van der Waals surface area contributed by atoms with Gasteiger partial charge in [-0.25, -0.2) is 14.4 Å². The van der Waals surface area contributed by atoms with E-state index in [0.29, 0.717) is 17.2 Å². The number of imidazole rings is 1. The lowest BCUT2D eigenvalue weighted by Gasteiger charge is -2.06. The number of halogens is 1. The predicted molar refractivity (Wildman–Crippen MR) is 109 cm³/mol. The molecule has 2 aromatic carbocycles. The van der Waals surface area contributed by atoms with E-state index in [-0.39, 0.29) is 17.1 Å². The van der Waals surface area contributed by atoms with Gasteiger partial charge in [-0.3, -0.25) is 20.2 Å². The Kier molecular flexibility index (Phi) is 5.31. The second-order valence-electron chi connectivity index (χ2n) is 6.32. The average molecular weight is 423 g/mol. The molecule has 0 saturated carbocycles. The Labute approximate surface area is 173 Å². The number of nitro benzene ring substituents is 1. The first-order valence-electron chi connectivity index (χ1n) is 8.77. The highest BCUT2D eigenvalue weighted by molar-refractivity contribution is 7.15. The summed E-state index contributed by atoms with van der Waals surface area (Å²) in [5, 5.41) is 14.5. The molecular formula is C20H14FN5O3S. The molecule has 0 bridgehead atoms. The number of nitro groups is 1. The van der Waals surface area contributed by atoms with Crippen LogP contribution >= 0.6 is 11.3 Å². The van der Waals surface area contributed by atoms with Crippen LogP contribution in [0.1, 0.15) is 20.8 Å². The van der Waals surface area contributed by atoms with Crippen LogP contribution in [-0.2, 0) is 6.42 Å². The molecule has 10 heteroatoms. The van der Waals surface area contributed by atoms with Crippen LogP contribution in [0.25, 0.3) is 5.69 Å². The molecule has 0 fully saturated rings. The van der Waals surface area contributed by atoms with E-state index in [0.717, 1.165) is 10.4 Å². The van der Waals surface area contributed by atoms with Crippen molar-refractivity contribution in [1.29, 1.82) is 0 Å². The molecule has 0 aliphatic rings. The summed E-state index contributed by atoms with van der Waals surface area (Å²) >= 11 is 1.28. The number of amides is 1. The number of carbonyl (C=O) groups is 1. The summed E-state index contributed by atoms with van der Waals surface area (Å²) in [4.78, 5) is 32.4. The number of carbonyl (C=O) groups excluding carboxylic acids is 1. The van der Waals surface area contributed by atoms with Crippen LogP contribution in [0, 0.1) is 15.9 Å². The van der Waals surface area contributed by atoms with Crippen molar-refractivity contribution in [3.05, 3.63) is 99.3 Å². The zero-order valence-electron chi connectivity index (χ0n) is 15.4. The van der Waals surface area contributed by atoms with E-state index in [4.69, 9.17) is 0 Å². The van der Waals surface area contributed by atoms with Gasteiger partial charge < -0.3 is 4.57 Å². The summed E-state index contributed by atoms with van der Waals surface area (Å²) in [5.74, 6) is -0.804. The van der Waals surface area contributed by atoms with Crippen molar-refractivity contribution in [3.63, 3.8) is 0 Å². The maximum absolute atomic E-state index is 13.0. The predicted octanol–water partition coefficient (Wildman–Crippen LogP) is 4.22. The number of nitrogens with one attached hydrogen (secondary N) is 1. The van der Waals surface area contributed by atoms with Crippen molar-refractivity contribution in [1.82, 2.24) is 14.5 Å². The van der Waals surface area contributed by atoms with Crippen LogP contribution in [0.5, 0.6) is 0 Å². The first-order valence-corrected chi connectivity index (χ1v) is 9.58. The van der Waals surface area contributed by atoms with Crippen molar-refractivity contribution in [2.45, 2.75) is 6.42 Å². The van der Waals surface area contributed by atoms with Crippen molar-refractivity contribution in [2.24, 2.45) is 0 Å². The molecule has 0 aliphatic carbocycles. The van der Waals surface area contributed by atoms with Gasteiger partial charge in [-0.15, -0.1) is 11.3 Å². The van der Waals surface area contributed by atoms with Crippen LogP contribution < -0.4 is 5.32 Å². The monoisotopic (exact) mass is 423 g/mol. The van der Waals surface area contributed by atoms with Gasteiger partial charge in [0.1, 0.15) is 11.5 Å². The molecule has 0 saturated heterocycles. The summed E-state index contributed by atoms with van der Waals surface area (Å²) in [6, 6.07) is 10.4. The maximum atomic E-state index is 13.0. The Balaban J connectivity index is 1.50. The van der Waals surface area contributed by atoms with Crippen LogP contribution in [0.15, 0.2) is 67.4 Å². The number of aromatic nitrogens is 3. The SMILES string of the molecule is O=C(Nc1ncc(Cc2ccc(F)cc2)s1)c1ccc(-n2ccnc2)c([N+](=O)[O-])c1. The van der Waals surface area contributed by atoms with E-state index in [1.54, 1.807) is 24.5 Å². The first kappa shape index (κ1) is 19.4. The first-order chi connectivity index (χ1) is 14.5. The van der Waals surface area contributed by atoms with Gasteiger partial charge in [0.2, 0.25) is 0 Å². The van der Waals surface area contributed by atoms with Crippen LogP contribution in [0.4, 0.5) is 15.2 Å². The molecule has 0 atom stereocenters. The molecule has 0 radical (unpaired) electrons. The normalized spacial score (nSPS) is 10.7. The highest BCUT2D eigenvalue weighted by Crippen LogP contribution is 2.26. The Morgan fingerprint density at radius 2 is 2.03 bits per heavy atom. The fourth-order valence-corrected chi connectivity index (χ4v) is 3.69. The summed E-state index contributed by atoms with van der Waals surface area (Å²) < 4.78 is 14.5. The van der Waals surface area contributed by atoms with Gasteiger partial charge in [-0.2, -0.15) is 0 Å². The van der Waals surface area contributed by atoms with E-state index in [1.807, 2.05) is 0 Å². The number of hydrogen-bond acceptors (Lipinski definition) is 6. The van der Waals surface area contributed by atoms with Crippen molar-refractivity contribution >= 4 is 28.1 Å². The molecule has 150 valence electrons. The Bertz CT molecular complexity index is 1210. The van der Waals surface area contributed by atoms with Gasteiger partial charge in [-0.1, -0.05) is 12.1 Å². The Morgan fingerprint density at radius 1 is 1.23 bits per heavy atom. The van der Waals surface area contributed by atoms with E-state index in [9.17, 15) is 19.3 Å². The van der Waals surface area contributed by atoms with Crippen molar-refractivity contribution < 1.29 is 14.1 Å². The number of anilines is 1. The largest absolute Gasteiger partial charge is 0.300 e. The molecule has 0 unspecified atom stereocenters. The van der Waals surface area contributed by atoms with Crippen molar-refractivity contribution in [3.8, 4) is 5.69 Å². The van der Waals surface area contributed by atoms with Crippen LogP contribution in [0.2, 0.25) is 0 Å². The van der Waals surface area contributed by atoms with Gasteiger partial charge in [0.05, 0.1) is 11.3 Å². The zero-order chi connectivity index (χ0) is 21.1. The molecule has 4 aromatic rings. The third-order valence-corrected chi connectivity index (χ3v) is 5.20. The highest BCUT2D eigenvalue weighted by atomic mass is 32.1. The second-order valence-corrected chi connectivity index (χ2v) is 7.43. The summed E-state index contributed by atoms with van der Waals surface area (Å²) in [6.07, 6.45) is 6.73. The van der Waals surface area contributed by atoms with Crippen molar-refractivity contribution in [2.75, 3.05) is 5.32 Å². The van der Waals surface area contributed by atoms with Crippen LogP contribution in [-0.4, -0.2) is 25.4 Å². The third-order valence-electron chi connectivity index (χ3n) is 4.28. The number of thiazole rings is 1. The lowest BCUT2D eigenvalue weighted by atomic mass is 10.1. The minimum Gasteiger partial charge on any atom is -0.300 e. The topological polar surface area (TPSA) is 103 Å². The van der Waals surface area contributed by atoms with Gasteiger partial charge in [-0.05, 0) is 29.8 Å². The number of nitrogens with zero attached hydrogens (tertiary/aromatic N) is 4. The minimum atomic E-state index is -0.545. The second kappa shape index (κ2) is 8.21. The van der Waals surface area contributed by atoms with Gasteiger partial charge in [0.25, 0.3) is 11.6 Å².